The summed E-state index contributed by atoms with van der Waals surface area (Å²) in [6.45, 7) is 0.770. The summed E-state index contributed by atoms with van der Waals surface area (Å²) in [4.78, 5) is 49.9. The molecule has 180 valence electrons. The van der Waals surface area contributed by atoms with Crippen molar-refractivity contribution in [3.8, 4) is 0 Å². The van der Waals surface area contributed by atoms with E-state index in [-0.39, 0.29) is 18.7 Å². The molecule has 12 heteroatoms. The van der Waals surface area contributed by atoms with E-state index in [4.69, 9.17) is 0 Å². The molecular formula is C22H20F4N4O4. The molecule has 0 bridgehead atoms. The van der Waals surface area contributed by atoms with E-state index in [1.54, 1.807) is 0 Å². The molecule has 1 aliphatic heterocycles. The third kappa shape index (κ3) is 5.33. The van der Waals surface area contributed by atoms with Gasteiger partial charge < -0.3 is 16.0 Å². The summed E-state index contributed by atoms with van der Waals surface area (Å²) in [5.74, 6) is -2.50. The first-order valence-corrected chi connectivity index (χ1v) is 10.0. The van der Waals surface area contributed by atoms with Crippen LogP contribution in [0.25, 0.3) is 0 Å². The summed E-state index contributed by atoms with van der Waals surface area (Å²) < 4.78 is 50.9. The molecule has 2 aromatic carbocycles. The van der Waals surface area contributed by atoms with Gasteiger partial charge in [-0.05, 0) is 48.9 Å². The van der Waals surface area contributed by atoms with E-state index in [0.717, 1.165) is 41.3 Å². The number of rotatable bonds is 7. The van der Waals surface area contributed by atoms with Crippen molar-refractivity contribution in [1.29, 1.82) is 0 Å². The van der Waals surface area contributed by atoms with E-state index in [1.165, 1.54) is 19.1 Å². The van der Waals surface area contributed by atoms with Gasteiger partial charge in [0.25, 0.3) is 11.8 Å². The number of benzene rings is 2. The first-order valence-electron chi connectivity index (χ1n) is 10.0. The number of amides is 5. The second-order valence-corrected chi connectivity index (χ2v) is 7.63. The Morgan fingerprint density at radius 3 is 2.15 bits per heavy atom. The predicted molar refractivity (Wildman–Crippen MR) is 111 cm³/mol. The highest BCUT2D eigenvalue weighted by Gasteiger charge is 2.49. The molecule has 1 saturated heterocycles. The van der Waals surface area contributed by atoms with E-state index < -0.39 is 53.4 Å². The molecule has 8 nitrogen and oxygen atoms in total. The van der Waals surface area contributed by atoms with Gasteiger partial charge in [-0.25, -0.2) is 9.18 Å². The van der Waals surface area contributed by atoms with Gasteiger partial charge in [0.1, 0.15) is 17.9 Å². The maximum atomic E-state index is 13.2. The molecule has 1 fully saturated rings. The number of alkyl halides is 3. The standard InChI is InChI=1S/C22H20F4N4O4/c1-21(14-6-8-16(23)9-7-14)19(33)30(20(34)29-21)12-17(31)27-10-11-28-18(32)13-2-4-15(5-3-13)22(24,25)26/h2-9H,10-12H2,1H3,(H,27,31)(H,28,32)(H,29,34). The molecule has 0 aliphatic carbocycles. The SMILES string of the molecule is CC1(c2ccc(F)cc2)NC(=O)N(CC(=O)NCCNC(=O)c2ccc(C(F)(F)F)cc2)C1=O. The van der Waals surface area contributed by atoms with Gasteiger partial charge in [0, 0.05) is 18.7 Å². The molecule has 34 heavy (non-hydrogen) atoms. The Morgan fingerprint density at radius 1 is 0.971 bits per heavy atom. The molecule has 2 aromatic rings. The minimum atomic E-state index is -4.51. The lowest BCUT2D eigenvalue weighted by Crippen LogP contribution is -2.44. The van der Waals surface area contributed by atoms with Gasteiger partial charge in [0.2, 0.25) is 5.91 Å². The number of nitrogens with zero attached hydrogens (tertiary/aromatic N) is 1. The van der Waals surface area contributed by atoms with Gasteiger partial charge in [0.05, 0.1) is 5.56 Å². The van der Waals surface area contributed by atoms with Gasteiger partial charge in [-0.15, -0.1) is 0 Å². The van der Waals surface area contributed by atoms with Crippen LogP contribution in [-0.2, 0) is 21.3 Å². The fraction of sp³-hybridized carbons (Fsp3) is 0.273. The van der Waals surface area contributed by atoms with Gasteiger partial charge >= 0.3 is 12.2 Å². The van der Waals surface area contributed by atoms with Crippen molar-refractivity contribution in [3.05, 3.63) is 71.0 Å². The fourth-order valence-electron chi connectivity index (χ4n) is 3.31. The Morgan fingerprint density at radius 2 is 1.56 bits per heavy atom. The maximum Gasteiger partial charge on any atom is 0.416 e. The number of hydrogen-bond donors (Lipinski definition) is 3. The normalized spacial score (nSPS) is 18.0. The van der Waals surface area contributed by atoms with Crippen LogP contribution < -0.4 is 16.0 Å². The molecule has 1 aliphatic rings. The zero-order valence-corrected chi connectivity index (χ0v) is 17.8. The number of urea groups is 1. The highest BCUT2D eigenvalue weighted by atomic mass is 19.4. The van der Waals surface area contributed by atoms with Crippen molar-refractivity contribution in [2.75, 3.05) is 19.6 Å². The topological polar surface area (TPSA) is 108 Å². The van der Waals surface area contributed by atoms with Crippen molar-refractivity contribution in [3.63, 3.8) is 0 Å². The van der Waals surface area contributed by atoms with Gasteiger partial charge in [-0.2, -0.15) is 13.2 Å². The van der Waals surface area contributed by atoms with Crippen LogP contribution in [0.4, 0.5) is 22.4 Å². The van der Waals surface area contributed by atoms with Gasteiger partial charge in [0.15, 0.2) is 0 Å². The van der Waals surface area contributed by atoms with Crippen molar-refractivity contribution < 1.29 is 36.7 Å². The van der Waals surface area contributed by atoms with E-state index in [1.807, 2.05) is 0 Å². The lowest BCUT2D eigenvalue weighted by molar-refractivity contribution is -0.137. The summed E-state index contributed by atoms with van der Waals surface area (Å²) in [7, 11) is 0. The number of hydrogen-bond acceptors (Lipinski definition) is 4. The fourth-order valence-corrected chi connectivity index (χ4v) is 3.31. The average Bonchev–Trinajstić information content (AvgIpc) is 3.00. The number of nitrogens with one attached hydrogen (secondary N) is 3. The zero-order chi connectivity index (χ0) is 25.1. The summed E-state index contributed by atoms with van der Waals surface area (Å²) in [6, 6.07) is 7.86. The molecule has 1 atom stereocenters. The number of carbonyl (C=O) groups excluding carboxylic acids is 4. The molecular weight excluding hydrogens is 460 g/mol. The van der Waals surface area contributed by atoms with Crippen molar-refractivity contribution in [2.24, 2.45) is 0 Å². The van der Waals surface area contributed by atoms with Crippen molar-refractivity contribution >= 4 is 23.8 Å². The second kappa shape index (κ2) is 9.49. The molecule has 1 heterocycles. The number of halogens is 4. The smallest absolute Gasteiger partial charge is 0.353 e. The quantitative estimate of drug-likeness (QED) is 0.321. The van der Waals surface area contributed by atoms with Crippen LogP contribution in [0.2, 0.25) is 0 Å². The minimum Gasteiger partial charge on any atom is -0.353 e. The monoisotopic (exact) mass is 480 g/mol. The minimum absolute atomic E-state index is 0.0127. The average molecular weight is 480 g/mol. The third-order valence-electron chi connectivity index (χ3n) is 5.21. The molecule has 0 radical (unpaired) electrons. The Labute approximate surface area is 191 Å². The highest BCUT2D eigenvalue weighted by molar-refractivity contribution is 6.09. The Kier molecular flexibility index (Phi) is 6.89. The van der Waals surface area contributed by atoms with E-state index in [9.17, 15) is 36.7 Å². The van der Waals surface area contributed by atoms with Crippen molar-refractivity contribution in [2.45, 2.75) is 18.6 Å². The van der Waals surface area contributed by atoms with Crippen LogP contribution in [0.15, 0.2) is 48.5 Å². The zero-order valence-electron chi connectivity index (χ0n) is 17.8. The molecule has 0 saturated carbocycles. The van der Waals surface area contributed by atoms with Crippen molar-refractivity contribution in [1.82, 2.24) is 20.9 Å². The highest BCUT2D eigenvalue weighted by Crippen LogP contribution is 2.29. The molecule has 1 unspecified atom stereocenters. The molecule has 3 rings (SSSR count). The third-order valence-corrected chi connectivity index (χ3v) is 5.21. The summed E-state index contributed by atoms with van der Waals surface area (Å²) in [5, 5.41) is 7.37. The number of carbonyl (C=O) groups is 4. The van der Waals surface area contributed by atoms with Crippen LogP contribution in [0.5, 0.6) is 0 Å². The molecule has 0 spiro atoms. The predicted octanol–water partition coefficient (Wildman–Crippen LogP) is 2.16. The van der Waals surface area contributed by atoms with Gasteiger partial charge in [-0.3, -0.25) is 19.3 Å². The van der Waals surface area contributed by atoms with Crippen LogP contribution >= 0.6 is 0 Å². The first kappa shape index (κ1) is 24.7. The van der Waals surface area contributed by atoms with Crippen LogP contribution in [-0.4, -0.2) is 48.3 Å². The summed E-state index contributed by atoms with van der Waals surface area (Å²) in [6.07, 6.45) is -4.51. The first-order chi connectivity index (χ1) is 15.9. The Bertz CT molecular complexity index is 1100. The largest absolute Gasteiger partial charge is 0.416 e. The Balaban J connectivity index is 1.47. The molecule has 3 N–H and O–H groups in total. The van der Waals surface area contributed by atoms with E-state index in [2.05, 4.69) is 16.0 Å². The van der Waals surface area contributed by atoms with Gasteiger partial charge in [-0.1, -0.05) is 12.1 Å². The van der Waals surface area contributed by atoms with Crippen LogP contribution in [0.1, 0.15) is 28.4 Å². The lowest BCUT2D eigenvalue weighted by Gasteiger charge is -2.22. The second-order valence-electron chi connectivity index (χ2n) is 7.63. The Hall–Kier alpha value is -3.96. The number of imide groups is 1. The maximum absolute atomic E-state index is 13.2. The lowest BCUT2D eigenvalue weighted by atomic mass is 9.92. The summed E-state index contributed by atoms with van der Waals surface area (Å²) in [5.41, 5.74) is -1.98. The van der Waals surface area contributed by atoms with Crippen LogP contribution in [0, 0.1) is 5.82 Å². The van der Waals surface area contributed by atoms with E-state index in [0.29, 0.717) is 5.56 Å². The summed E-state index contributed by atoms with van der Waals surface area (Å²) >= 11 is 0. The van der Waals surface area contributed by atoms with E-state index >= 15 is 0 Å². The van der Waals surface area contributed by atoms with Crippen LogP contribution in [0.3, 0.4) is 0 Å². The molecule has 5 amide bonds. The molecule has 0 aromatic heterocycles.